The van der Waals surface area contributed by atoms with E-state index in [1.807, 2.05) is 19.9 Å². The molecule has 0 saturated carbocycles. The van der Waals surface area contributed by atoms with Crippen LogP contribution >= 0.6 is 0 Å². The van der Waals surface area contributed by atoms with E-state index in [-0.39, 0.29) is 18.9 Å². The summed E-state index contributed by atoms with van der Waals surface area (Å²) < 4.78 is 4.73. The zero-order valence-corrected chi connectivity index (χ0v) is 13.6. The molecule has 0 spiro atoms. The number of primary amides is 1. The van der Waals surface area contributed by atoms with E-state index in [0.29, 0.717) is 5.56 Å². The molecule has 1 aromatic carbocycles. The number of carbonyl (C=O) groups is 3. The van der Waals surface area contributed by atoms with Crippen LogP contribution in [0.5, 0.6) is 0 Å². The van der Waals surface area contributed by atoms with Crippen molar-refractivity contribution in [2.45, 2.75) is 33.2 Å². The maximum absolute atomic E-state index is 12.2. The summed E-state index contributed by atoms with van der Waals surface area (Å²) >= 11 is 0. The first-order chi connectivity index (χ1) is 10.8. The summed E-state index contributed by atoms with van der Waals surface area (Å²) in [6, 6.07) is 4.52. The van der Waals surface area contributed by atoms with Crippen molar-refractivity contribution < 1.29 is 19.1 Å². The fourth-order valence-corrected chi connectivity index (χ4v) is 2.08. The number of rotatable bonds is 7. The highest BCUT2D eigenvalue weighted by molar-refractivity contribution is 5.97. The Balaban J connectivity index is 2.73. The van der Waals surface area contributed by atoms with E-state index in [4.69, 9.17) is 10.5 Å². The van der Waals surface area contributed by atoms with Crippen LogP contribution in [0.1, 0.15) is 34.8 Å². The summed E-state index contributed by atoms with van der Waals surface area (Å²) in [5.41, 5.74) is 7.66. The molecule has 0 aliphatic carbocycles. The second-order valence-electron chi connectivity index (χ2n) is 5.19. The average molecular weight is 318 g/mol. The number of carbonyl (C=O) groups excluding carboxylic acids is 3. The van der Waals surface area contributed by atoms with Gasteiger partial charge in [0.05, 0.1) is 6.61 Å². The highest BCUT2D eigenvalue weighted by Gasteiger charge is 2.18. The molecule has 124 valence electrons. The van der Waals surface area contributed by atoms with Gasteiger partial charge in [-0.1, -0.05) is 23.3 Å². The van der Waals surface area contributed by atoms with Gasteiger partial charge in [-0.25, -0.2) is 4.79 Å². The van der Waals surface area contributed by atoms with Crippen LogP contribution in [0.25, 0.3) is 0 Å². The van der Waals surface area contributed by atoms with E-state index in [2.05, 4.69) is 5.32 Å². The standard InChI is InChI=1S/C17H22N2O4/c1-4-23-15(20)7-5-6-14(16(18)21)19-17(22)13-9-11(2)8-12(3)10-13/h5,7-10,14H,4,6H2,1-3H3,(H2,18,21)(H,19,22)/b7-5+/t14-/m0/s1. The van der Waals surface area contributed by atoms with E-state index in [9.17, 15) is 14.4 Å². The summed E-state index contributed by atoms with van der Waals surface area (Å²) in [6.45, 7) is 5.74. The average Bonchev–Trinajstić information content (AvgIpc) is 2.45. The molecular weight excluding hydrogens is 296 g/mol. The first-order valence-electron chi connectivity index (χ1n) is 7.35. The molecule has 0 bridgehead atoms. The third-order valence-electron chi connectivity index (χ3n) is 3.04. The van der Waals surface area contributed by atoms with Crippen LogP contribution in [-0.2, 0) is 14.3 Å². The first kappa shape index (κ1) is 18.4. The summed E-state index contributed by atoms with van der Waals surface area (Å²) in [5.74, 6) is -1.56. The van der Waals surface area contributed by atoms with Crippen LogP contribution in [0.15, 0.2) is 30.4 Å². The largest absolute Gasteiger partial charge is 0.463 e. The normalized spacial score (nSPS) is 12.0. The topological polar surface area (TPSA) is 98.5 Å². The van der Waals surface area contributed by atoms with E-state index >= 15 is 0 Å². The molecule has 0 saturated heterocycles. The van der Waals surface area contributed by atoms with Gasteiger partial charge in [-0.05, 0) is 39.3 Å². The Morgan fingerprint density at radius 1 is 1.22 bits per heavy atom. The van der Waals surface area contributed by atoms with E-state index in [0.717, 1.165) is 11.1 Å². The van der Waals surface area contributed by atoms with E-state index in [1.54, 1.807) is 19.1 Å². The smallest absolute Gasteiger partial charge is 0.330 e. The number of amides is 2. The number of hydrogen-bond acceptors (Lipinski definition) is 4. The molecule has 0 fully saturated rings. The van der Waals surface area contributed by atoms with Crippen LogP contribution in [0, 0.1) is 13.8 Å². The minimum absolute atomic E-state index is 0.116. The first-order valence-corrected chi connectivity index (χ1v) is 7.35. The number of nitrogens with two attached hydrogens (primary N) is 1. The maximum Gasteiger partial charge on any atom is 0.330 e. The lowest BCUT2D eigenvalue weighted by Crippen LogP contribution is -2.44. The van der Waals surface area contributed by atoms with Gasteiger partial charge in [0.25, 0.3) is 5.91 Å². The molecule has 1 aromatic rings. The van der Waals surface area contributed by atoms with E-state index in [1.165, 1.54) is 12.2 Å². The Kier molecular flexibility index (Phi) is 6.99. The number of aryl methyl sites for hydroxylation is 2. The summed E-state index contributed by atoms with van der Waals surface area (Å²) in [6.07, 6.45) is 2.78. The third kappa shape index (κ3) is 6.34. The highest BCUT2D eigenvalue weighted by atomic mass is 16.5. The van der Waals surface area contributed by atoms with Crippen molar-refractivity contribution in [1.29, 1.82) is 0 Å². The predicted octanol–water partition coefficient (Wildman–Crippen LogP) is 1.40. The van der Waals surface area contributed by atoms with Crippen LogP contribution in [0.2, 0.25) is 0 Å². The number of nitrogens with one attached hydrogen (secondary N) is 1. The summed E-state index contributed by atoms with van der Waals surface area (Å²) in [5, 5.41) is 2.58. The molecule has 0 aromatic heterocycles. The van der Waals surface area contributed by atoms with Crippen LogP contribution in [0.4, 0.5) is 0 Å². The summed E-state index contributed by atoms with van der Waals surface area (Å²) in [4.78, 5) is 34.9. The van der Waals surface area contributed by atoms with Gasteiger partial charge in [-0.15, -0.1) is 0 Å². The molecule has 6 nitrogen and oxygen atoms in total. The lowest BCUT2D eigenvalue weighted by atomic mass is 10.1. The van der Waals surface area contributed by atoms with Crippen molar-refractivity contribution in [1.82, 2.24) is 5.32 Å². The molecule has 1 rings (SSSR count). The molecule has 0 heterocycles. The van der Waals surface area contributed by atoms with Gasteiger partial charge in [-0.3, -0.25) is 9.59 Å². The second-order valence-corrected chi connectivity index (χ2v) is 5.19. The van der Waals surface area contributed by atoms with Gasteiger partial charge < -0.3 is 15.8 Å². The minimum atomic E-state index is -0.894. The molecule has 0 aliphatic heterocycles. The molecular formula is C17H22N2O4. The molecule has 0 aliphatic rings. The van der Waals surface area contributed by atoms with Crippen molar-refractivity contribution in [2.24, 2.45) is 5.73 Å². The summed E-state index contributed by atoms with van der Waals surface area (Å²) in [7, 11) is 0. The Labute approximate surface area is 135 Å². The van der Waals surface area contributed by atoms with Crippen LogP contribution in [0.3, 0.4) is 0 Å². The van der Waals surface area contributed by atoms with Gasteiger partial charge >= 0.3 is 5.97 Å². The lowest BCUT2D eigenvalue weighted by Gasteiger charge is -2.14. The fraction of sp³-hybridized carbons (Fsp3) is 0.353. The third-order valence-corrected chi connectivity index (χ3v) is 3.04. The number of ether oxygens (including phenoxy) is 1. The zero-order valence-electron chi connectivity index (χ0n) is 13.6. The van der Waals surface area contributed by atoms with Gasteiger partial charge in [-0.2, -0.15) is 0 Å². The molecule has 1 atom stereocenters. The van der Waals surface area contributed by atoms with Crippen LogP contribution < -0.4 is 11.1 Å². The van der Waals surface area contributed by atoms with Crippen molar-refractivity contribution >= 4 is 17.8 Å². The quantitative estimate of drug-likeness (QED) is 0.586. The van der Waals surface area contributed by atoms with Crippen molar-refractivity contribution in [3.63, 3.8) is 0 Å². The number of hydrogen-bond donors (Lipinski definition) is 2. The minimum Gasteiger partial charge on any atom is -0.463 e. The van der Waals surface area contributed by atoms with Gasteiger partial charge in [0.2, 0.25) is 5.91 Å². The van der Waals surface area contributed by atoms with E-state index < -0.39 is 17.9 Å². The van der Waals surface area contributed by atoms with Crippen LogP contribution in [-0.4, -0.2) is 30.4 Å². The Hall–Kier alpha value is -2.63. The Morgan fingerprint density at radius 3 is 2.35 bits per heavy atom. The van der Waals surface area contributed by atoms with Crippen molar-refractivity contribution in [3.8, 4) is 0 Å². The second kappa shape index (κ2) is 8.73. The molecule has 6 heteroatoms. The SMILES string of the molecule is CCOC(=O)/C=C/C[C@H](NC(=O)c1cc(C)cc(C)c1)C(N)=O. The van der Waals surface area contributed by atoms with Gasteiger partial charge in [0, 0.05) is 11.6 Å². The monoisotopic (exact) mass is 318 g/mol. The predicted molar refractivity (Wildman–Crippen MR) is 86.8 cm³/mol. The van der Waals surface area contributed by atoms with Gasteiger partial charge in [0.15, 0.2) is 0 Å². The number of esters is 1. The molecule has 3 N–H and O–H groups in total. The molecule has 23 heavy (non-hydrogen) atoms. The fourth-order valence-electron chi connectivity index (χ4n) is 2.08. The number of benzene rings is 1. The van der Waals surface area contributed by atoms with Crippen molar-refractivity contribution in [2.75, 3.05) is 6.61 Å². The lowest BCUT2D eigenvalue weighted by molar-refractivity contribution is -0.137. The highest BCUT2D eigenvalue weighted by Crippen LogP contribution is 2.09. The van der Waals surface area contributed by atoms with Gasteiger partial charge in [0.1, 0.15) is 6.04 Å². The zero-order chi connectivity index (χ0) is 17.4. The molecule has 2 amide bonds. The maximum atomic E-state index is 12.2. The molecule has 0 unspecified atom stereocenters. The Bertz CT molecular complexity index is 603. The Morgan fingerprint density at radius 2 is 1.83 bits per heavy atom. The van der Waals surface area contributed by atoms with Crippen molar-refractivity contribution in [3.05, 3.63) is 47.0 Å². The molecule has 0 radical (unpaired) electrons.